The molecule has 0 heterocycles. The third kappa shape index (κ3) is 4.03. The summed E-state index contributed by atoms with van der Waals surface area (Å²) in [5.41, 5.74) is 0. The van der Waals surface area contributed by atoms with Crippen LogP contribution in [0.3, 0.4) is 0 Å². The maximum Gasteiger partial charge on any atom is 0.372 e. The number of aliphatic hydroxyl groups excluding tert-OH is 1. The molecule has 0 radical (unpaired) electrons. The van der Waals surface area contributed by atoms with Gasteiger partial charge in [0.1, 0.15) is 0 Å². The molecule has 1 saturated carbocycles. The van der Waals surface area contributed by atoms with Gasteiger partial charge in [0, 0.05) is 13.0 Å². The predicted octanol–water partition coefficient (Wildman–Crippen LogP) is 0.829. The van der Waals surface area contributed by atoms with Crippen molar-refractivity contribution in [2.24, 2.45) is 5.92 Å². The van der Waals surface area contributed by atoms with E-state index >= 15 is 0 Å². The van der Waals surface area contributed by atoms with Crippen molar-refractivity contribution in [1.82, 2.24) is 0 Å². The smallest absolute Gasteiger partial charge is 0.372 e. The number of hydrogen-bond acceptors (Lipinski definition) is 3. The first-order chi connectivity index (χ1) is 6.22. The number of aliphatic hydroxyl groups is 1. The summed E-state index contributed by atoms with van der Waals surface area (Å²) in [7, 11) is 1.00. The van der Waals surface area contributed by atoms with Crippen LogP contribution >= 0.6 is 0 Å². The van der Waals surface area contributed by atoms with Crippen LogP contribution in [0.2, 0.25) is 0 Å². The molecule has 0 saturated heterocycles. The lowest BCUT2D eigenvalue weighted by atomic mass is 9.86. The molecule has 0 aromatic carbocycles. The van der Waals surface area contributed by atoms with Crippen molar-refractivity contribution in [2.75, 3.05) is 7.11 Å². The summed E-state index contributed by atoms with van der Waals surface area (Å²) >= 11 is 0. The molecule has 13 heavy (non-hydrogen) atoms. The number of hydrogen-bond donors (Lipinski definition) is 2. The van der Waals surface area contributed by atoms with Crippen LogP contribution < -0.4 is 0 Å². The molecule has 2 N–H and O–H groups in total. The Kier molecular flexibility index (Phi) is 6.14. The number of carboxylic acids is 1. The van der Waals surface area contributed by atoms with E-state index in [0.717, 1.165) is 39.2 Å². The van der Waals surface area contributed by atoms with Crippen molar-refractivity contribution < 1.29 is 19.8 Å². The molecule has 1 aliphatic carbocycles. The summed E-state index contributed by atoms with van der Waals surface area (Å²) in [5, 5.41) is 15.4. The van der Waals surface area contributed by atoms with Crippen LogP contribution in [-0.4, -0.2) is 29.1 Å². The summed E-state index contributed by atoms with van der Waals surface area (Å²) in [5.74, 6) is -2.05. The minimum Gasteiger partial charge on any atom is -0.475 e. The lowest BCUT2D eigenvalue weighted by Crippen LogP contribution is -2.24. The van der Waals surface area contributed by atoms with Gasteiger partial charge < -0.3 is 10.2 Å². The van der Waals surface area contributed by atoms with Gasteiger partial charge >= 0.3 is 5.97 Å². The predicted molar refractivity (Wildman–Crippen MR) is 47.4 cm³/mol. The van der Waals surface area contributed by atoms with Gasteiger partial charge in [-0.05, 0) is 12.8 Å². The monoisotopic (exact) mass is 188 g/mol. The second-order valence-corrected chi connectivity index (χ2v) is 3.00. The summed E-state index contributed by atoms with van der Waals surface area (Å²) in [6.07, 6.45) is 4.69. The van der Waals surface area contributed by atoms with Crippen molar-refractivity contribution in [3.8, 4) is 0 Å². The van der Waals surface area contributed by atoms with Crippen LogP contribution in [0.15, 0.2) is 0 Å². The first kappa shape index (κ1) is 12.1. The highest BCUT2D eigenvalue weighted by molar-refractivity contribution is 6.33. The summed E-state index contributed by atoms with van der Waals surface area (Å²) in [4.78, 5) is 21.1. The Morgan fingerprint density at radius 3 is 1.92 bits per heavy atom. The third-order valence-corrected chi connectivity index (χ3v) is 2.19. The van der Waals surface area contributed by atoms with Crippen molar-refractivity contribution in [1.29, 1.82) is 0 Å². The molecule has 1 aliphatic rings. The lowest BCUT2D eigenvalue weighted by molar-refractivity contribution is -0.151. The highest BCUT2D eigenvalue weighted by atomic mass is 16.4. The fraction of sp³-hybridized carbons (Fsp3) is 0.778. The van der Waals surface area contributed by atoms with Gasteiger partial charge in [0.2, 0.25) is 5.78 Å². The minimum absolute atomic E-state index is 0.193. The summed E-state index contributed by atoms with van der Waals surface area (Å²) in [6, 6.07) is 0. The number of carbonyl (C=O) groups excluding carboxylic acids is 1. The van der Waals surface area contributed by atoms with Crippen molar-refractivity contribution in [3.05, 3.63) is 0 Å². The third-order valence-electron chi connectivity index (χ3n) is 2.19. The fourth-order valence-electron chi connectivity index (χ4n) is 1.54. The number of ketones is 1. The number of carboxylic acid groups (broad SMARTS) is 1. The first-order valence-corrected chi connectivity index (χ1v) is 4.43. The van der Waals surface area contributed by atoms with Gasteiger partial charge in [-0.1, -0.05) is 19.3 Å². The fourth-order valence-corrected chi connectivity index (χ4v) is 1.54. The van der Waals surface area contributed by atoms with Gasteiger partial charge in [0.05, 0.1) is 0 Å². The SMILES string of the molecule is CO.O=C(O)C(=O)C1CCCCC1. The average molecular weight is 188 g/mol. The van der Waals surface area contributed by atoms with Crippen LogP contribution in [0.4, 0.5) is 0 Å². The molecule has 4 heteroatoms. The van der Waals surface area contributed by atoms with E-state index in [2.05, 4.69) is 0 Å². The summed E-state index contributed by atoms with van der Waals surface area (Å²) in [6.45, 7) is 0. The highest BCUT2D eigenvalue weighted by Crippen LogP contribution is 2.24. The Morgan fingerprint density at radius 2 is 1.54 bits per heavy atom. The molecular weight excluding hydrogens is 172 g/mol. The molecule has 4 nitrogen and oxygen atoms in total. The highest BCUT2D eigenvalue weighted by Gasteiger charge is 2.25. The quantitative estimate of drug-likeness (QED) is 0.629. The van der Waals surface area contributed by atoms with E-state index < -0.39 is 11.8 Å². The Balaban J connectivity index is 0.000000671. The minimum atomic E-state index is -1.27. The number of Topliss-reactive ketones (excluding diaryl/α,β-unsaturated/α-hetero) is 1. The topological polar surface area (TPSA) is 74.6 Å². The van der Waals surface area contributed by atoms with Gasteiger partial charge in [-0.3, -0.25) is 4.79 Å². The van der Waals surface area contributed by atoms with E-state index in [0.29, 0.717) is 0 Å². The Labute approximate surface area is 77.6 Å². The van der Waals surface area contributed by atoms with Crippen LogP contribution in [0.25, 0.3) is 0 Å². The van der Waals surface area contributed by atoms with E-state index in [1.165, 1.54) is 0 Å². The van der Waals surface area contributed by atoms with Gasteiger partial charge in [0.25, 0.3) is 0 Å². The molecule has 0 amide bonds. The van der Waals surface area contributed by atoms with Crippen molar-refractivity contribution in [3.63, 3.8) is 0 Å². The Hall–Kier alpha value is -0.900. The van der Waals surface area contributed by atoms with Crippen LogP contribution in [0.5, 0.6) is 0 Å². The standard InChI is InChI=1S/C8H12O3.CH4O/c9-7(8(10)11)6-4-2-1-3-5-6;1-2/h6H,1-5H2,(H,10,11);2H,1H3. The van der Waals surface area contributed by atoms with Crippen molar-refractivity contribution >= 4 is 11.8 Å². The number of aliphatic carboxylic acids is 1. The zero-order valence-corrected chi connectivity index (χ0v) is 7.82. The van der Waals surface area contributed by atoms with E-state index in [1.54, 1.807) is 0 Å². The summed E-state index contributed by atoms with van der Waals surface area (Å²) < 4.78 is 0. The van der Waals surface area contributed by atoms with Crippen molar-refractivity contribution in [2.45, 2.75) is 32.1 Å². The average Bonchev–Trinajstić information content (AvgIpc) is 2.21. The molecule has 1 rings (SSSR count). The number of carbonyl (C=O) groups is 2. The second kappa shape index (κ2) is 6.60. The maximum atomic E-state index is 10.9. The van der Waals surface area contributed by atoms with Gasteiger partial charge in [0.15, 0.2) is 0 Å². The van der Waals surface area contributed by atoms with E-state index in [1.807, 2.05) is 0 Å². The Bertz CT molecular complexity index is 170. The second-order valence-electron chi connectivity index (χ2n) is 3.00. The Morgan fingerprint density at radius 1 is 1.08 bits per heavy atom. The molecule has 0 unspecified atom stereocenters. The lowest BCUT2D eigenvalue weighted by Gasteiger charge is -2.17. The molecule has 0 spiro atoms. The molecule has 0 aromatic heterocycles. The molecule has 0 aromatic rings. The molecular formula is C9H16O4. The zero-order chi connectivity index (χ0) is 10.3. The molecule has 0 bridgehead atoms. The van der Waals surface area contributed by atoms with Crippen LogP contribution in [0.1, 0.15) is 32.1 Å². The van der Waals surface area contributed by atoms with E-state index in [9.17, 15) is 9.59 Å². The molecule has 0 aliphatic heterocycles. The van der Waals surface area contributed by atoms with Gasteiger partial charge in [-0.15, -0.1) is 0 Å². The normalized spacial score (nSPS) is 17.1. The van der Waals surface area contributed by atoms with Crippen LogP contribution in [-0.2, 0) is 9.59 Å². The van der Waals surface area contributed by atoms with E-state index in [4.69, 9.17) is 10.2 Å². The van der Waals surface area contributed by atoms with Gasteiger partial charge in [-0.2, -0.15) is 0 Å². The molecule has 1 fully saturated rings. The number of rotatable bonds is 2. The first-order valence-electron chi connectivity index (χ1n) is 4.43. The van der Waals surface area contributed by atoms with Gasteiger partial charge in [-0.25, -0.2) is 4.79 Å². The molecule has 76 valence electrons. The van der Waals surface area contributed by atoms with E-state index in [-0.39, 0.29) is 5.92 Å². The molecule has 0 atom stereocenters. The maximum absolute atomic E-state index is 10.9. The zero-order valence-electron chi connectivity index (χ0n) is 7.82. The largest absolute Gasteiger partial charge is 0.475 e. The van der Waals surface area contributed by atoms with Crippen LogP contribution in [0, 0.1) is 5.92 Å².